The number of nitriles is 1. The monoisotopic (exact) mass is 559 g/mol. The van der Waals surface area contributed by atoms with Gasteiger partial charge in [-0.2, -0.15) is 10.1 Å². The fraction of sp³-hybridized carbons (Fsp3) is 0.758. The molecule has 0 amide bonds. The van der Waals surface area contributed by atoms with Crippen LogP contribution >= 0.6 is 0 Å². The number of aromatic nitrogens is 4. The molecular weight excluding hydrogens is 514 g/mol. The summed E-state index contributed by atoms with van der Waals surface area (Å²) in [5, 5.41) is 33.0. The second-order valence-corrected chi connectivity index (χ2v) is 15.8. The van der Waals surface area contributed by atoms with Crippen LogP contribution in [-0.2, 0) is 21.5 Å². The Morgan fingerprint density at radius 1 is 1.05 bits per heavy atom. The molecule has 0 radical (unpaired) electrons. The molecule has 0 aliphatic heterocycles. The molecule has 8 heteroatoms. The maximum atomic E-state index is 14.6. The van der Waals surface area contributed by atoms with Gasteiger partial charge in [-0.3, -0.25) is 9.59 Å². The van der Waals surface area contributed by atoms with Crippen molar-refractivity contribution in [2.75, 3.05) is 6.61 Å². The summed E-state index contributed by atoms with van der Waals surface area (Å²) < 4.78 is 0. The number of tetrazole rings is 1. The van der Waals surface area contributed by atoms with Crippen molar-refractivity contribution in [2.24, 2.45) is 44.8 Å². The second-order valence-electron chi connectivity index (χ2n) is 15.8. The van der Waals surface area contributed by atoms with Gasteiger partial charge in [-0.15, -0.1) is 10.2 Å². The lowest BCUT2D eigenvalue weighted by atomic mass is 9.34. The molecule has 1 N–H and O–H groups in total. The van der Waals surface area contributed by atoms with Crippen molar-refractivity contribution in [3.8, 4) is 6.07 Å². The zero-order valence-electron chi connectivity index (χ0n) is 25.8. The molecule has 6 rings (SSSR count). The number of aliphatic hydroxyl groups is 1. The maximum absolute atomic E-state index is 14.6. The summed E-state index contributed by atoms with van der Waals surface area (Å²) in [4.78, 5) is 29.4. The summed E-state index contributed by atoms with van der Waals surface area (Å²) >= 11 is 0. The van der Waals surface area contributed by atoms with Crippen LogP contribution in [0, 0.1) is 56.2 Å². The fourth-order valence-electron chi connectivity index (χ4n) is 10.6. The first kappa shape index (κ1) is 28.5. The molecule has 5 aliphatic carbocycles. The van der Waals surface area contributed by atoms with Crippen molar-refractivity contribution < 1.29 is 14.7 Å². The Labute approximate surface area is 243 Å². The van der Waals surface area contributed by atoms with E-state index in [1.54, 1.807) is 0 Å². The van der Waals surface area contributed by atoms with E-state index in [0.29, 0.717) is 6.54 Å². The summed E-state index contributed by atoms with van der Waals surface area (Å²) in [6.45, 7) is 15.7. The van der Waals surface area contributed by atoms with Gasteiger partial charge >= 0.3 is 0 Å². The van der Waals surface area contributed by atoms with Gasteiger partial charge in [0, 0.05) is 22.2 Å². The maximum Gasteiger partial charge on any atom is 0.181 e. The minimum atomic E-state index is -0.668. The molecule has 0 saturated heterocycles. The molecule has 220 valence electrons. The number of fused-ring (bicyclic) bond motifs is 7. The topological polar surface area (TPSA) is 122 Å². The number of carbonyl (C=O) groups is 2. The second kappa shape index (κ2) is 8.69. The molecule has 1 heterocycles. The number of allylic oxidation sites excluding steroid dienone is 4. The SMILES string of the molecule is CC1(C)CC[C@]2(c3nnn(CCO)n3)CC[C@]3(C)[C@H](C(=O)C=C4[C@@]5(C)C=C(C#N)C(=O)C(C)(C)[C@@H]5CC[C@]43C)[C@@H]2C1. The molecule has 0 bridgehead atoms. The highest BCUT2D eigenvalue weighted by Gasteiger charge is 2.70. The highest BCUT2D eigenvalue weighted by molar-refractivity contribution is 6.04. The lowest BCUT2D eigenvalue weighted by molar-refractivity contribution is -0.160. The average Bonchev–Trinajstić information content (AvgIpc) is 3.37. The Balaban J connectivity index is 1.51. The molecule has 3 fully saturated rings. The van der Waals surface area contributed by atoms with Gasteiger partial charge in [-0.25, -0.2) is 0 Å². The van der Waals surface area contributed by atoms with E-state index in [9.17, 15) is 20.0 Å². The molecule has 0 spiro atoms. The molecule has 5 aliphatic rings. The number of nitrogens with zero attached hydrogens (tertiary/aromatic N) is 5. The van der Waals surface area contributed by atoms with Crippen LogP contribution in [0.15, 0.2) is 23.3 Å². The standard InChI is InChI=1S/C33H45N5O3/c1-28(2)10-12-33(27-35-37-38(36-27)14-15-39)13-11-32(7)25(21(33)18-28)22(40)16-24-30(5)17-20(19-34)26(41)29(3,4)23(30)8-9-31(24,32)6/h16-17,21,23,25,39H,8-15,18H2,1-7H3/t21-,23-,25-,30-,31+,32+,33-/m0/s1. The van der Waals surface area contributed by atoms with Gasteiger partial charge in [-0.05, 0) is 84.3 Å². The van der Waals surface area contributed by atoms with Gasteiger partial charge in [-0.1, -0.05) is 60.1 Å². The van der Waals surface area contributed by atoms with E-state index in [1.165, 1.54) is 4.80 Å². The van der Waals surface area contributed by atoms with E-state index in [0.717, 1.165) is 56.3 Å². The first-order valence-corrected chi connectivity index (χ1v) is 15.4. The Morgan fingerprint density at radius 2 is 1.76 bits per heavy atom. The lowest BCUT2D eigenvalue weighted by Gasteiger charge is -2.69. The van der Waals surface area contributed by atoms with Crippen LogP contribution in [0.4, 0.5) is 0 Å². The predicted molar refractivity (Wildman–Crippen MR) is 153 cm³/mol. The predicted octanol–water partition coefficient (Wildman–Crippen LogP) is 5.14. The highest BCUT2D eigenvalue weighted by atomic mass is 16.3. The van der Waals surface area contributed by atoms with Gasteiger partial charge in [0.1, 0.15) is 6.07 Å². The number of Topliss-reactive ketones (excluding diaryl/α,β-unsaturated/α-hetero) is 1. The van der Waals surface area contributed by atoms with Gasteiger partial charge in [0.05, 0.1) is 18.7 Å². The fourth-order valence-corrected chi connectivity index (χ4v) is 10.6. The molecular formula is C33H45N5O3. The lowest BCUT2D eigenvalue weighted by Crippen LogP contribution is -2.65. The molecule has 1 aromatic heterocycles. The number of rotatable bonds is 3. The van der Waals surface area contributed by atoms with Crippen LogP contribution in [0.5, 0.6) is 0 Å². The summed E-state index contributed by atoms with van der Waals surface area (Å²) in [5.74, 6) is 0.774. The van der Waals surface area contributed by atoms with Gasteiger partial charge in [0.15, 0.2) is 17.4 Å². The van der Waals surface area contributed by atoms with E-state index in [1.807, 2.05) is 26.0 Å². The molecule has 0 unspecified atom stereocenters. The Morgan fingerprint density at radius 3 is 2.44 bits per heavy atom. The number of hydrogen-bond acceptors (Lipinski definition) is 7. The number of ketones is 2. The Kier molecular flexibility index (Phi) is 6.03. The van der Waals surface area contributed by atoms with Crippen molar-refractivity contribution in [1.29, 1.82) is 5.26 Å². The van der Waals surface area contributed by atoms with E-state index in [2.05, 4.69) is 51.0 Å². The first-order valence-electron chi connectivity index (χ1n) is 15.4. The third-order valence-electron chi connectivity index (χ3n) is 13.1. The van der Waals surface area contributed by atoms with E-state index < -0.39 is 10.8 Å². The van der Waals surface area contributed by atoms with Gasteiger partial charge < -0.3 is 5.11 Å². The van der Waals surface area contributed by atoms with Crippen LogP contribution in [0.2, 0.25) is 0 Å². The van der Waals surface area contributed by atoms with Crippen molar-refractivity contribution in [3.05, 3.63) is 29.1 Å². The number of aliphatic hydroxyl groups excluding tert-OH is 1. The molecule has 1 aromatic rings. The Bertz CT molecular complexity index is 1430. The van der Waals surface area contributed by atoms with Crippen LogP contribution < -0.4 is 0 Å². The molecule has 0 aromatic carbocycles. The summed E-state index contributed by atoms with van der Waals surface area (Å²) in [7, 11) is 0. The molecule has 8 nitrogen and oxygen atoms in total. The molecule has 41 heavy (non-hydrogen) atoms. The smallest absolute Gasteiger partial charge is 0.181 e. The van der Waals surface area contributed by atoms with Gasteiger partial charge in [0.25, 0.3) is 0 Å². The van der Waals surface area contributed by atoms with Crippen LogP contribution in [-0.4, -0.2) is 43.5 Å². The van der Waals surface area contributed by atoms with Crippen LogP contribution in [0.25, 0.3) is 0 Å². The quantitative estimate of drug-likeness (QED) is 0.544. The minimum Gasteiger partial charge on any atom is -0.394 e. The van der Waals surface area contributed by atoms with Crippen LogP contribution in [0.3, 0.4) is 0 Å². The zero-order valence-corrected chi connectivity index (χ0v) is 25.8. The van der Waals surface area contributed by atoms with Crippen molar-refractivity contribution in [1.82, 2.24) is 20.2 Å². The minimum absolute atomic E-state index is 0.0360. The van der Waals surface area contributed by atoms with Crippen molar-refractivity contribution >= 4 is 11.6 Å². The zero-order chi connectivity index (χ0) is 29.8. The average molecular weight is 560 g/mol. The third-order valence-corrected chi connectivity index (χ3v) is 13.1. The van der Waals surface area contributed by atoms with Crippen molar-refractivity contribution in [3.63, 3.8) is 0 Å². The third kappa shape index (κ3) is 3.57. The van der Waals surface area contributed by atoms with Crippen LogP contribution in [0.1, 0.15) is 99.2 Å². The number of carbonyl (C=O) groups excluding carboxylic acids is 2. The molecule has 7 atom stereocenters. The van der Waals surface area contributed by atoms with Gasteiger partial charge in [0.2, 0.25) is 0 Å². The van der Waals surface area contributed by atoms with E-state index >= 15 is 0 Å². The largest absolute Gasteiger partial charge is 0.394 e. The summed E-state index contributed by atoms with van der Waals surface area (Å²) in [5.41, 5.74) is -0.608. The number of hydrogen-bond donors (Lipinski definition) is 1. The van der Waals surface area contributed by atoms with Crippen molar-refractivity contribution in [2.45, 2.75) is 105 Å². The normalized spacial score (nSPS) is 42.6. The summed E-state index contributed by atoms with van der Waals surface area (Å²) in [6, 6.07) is 2.19. The first-order chi connectivity index (χ1) is 19.1. The molecule has 3 saturated carbocycles. The summed E-state index contributed by atoms with van der Waals surface area (Å²) in [6.07, 6.45) is 10.3. The van der Waals surface area contributed by atoms with E-state index in [-0.39, 0.29) is 63.2 Å². The van der Waals surface area contributed by atoms with E-state index in [4.69, 9.17) is 5.10 Å². The Hall–Kier alpha value is -2.66. The highest BCUT2D eigenvalue weighted by Crippen LogP contribution is 2.74.